The second kappa shape index (κ2) is 7.14. The van der Waals surface area contributed by atoms with Crippen molar-refractivity contribution in [2.45, 2.75) is 45.6 Å². The Hall–Kier alpha value is -2.39. The highest BCUT2D eigenvalue weighted by molar-refractivity contribution is 5.89. The molecule has 0 aliphatic heterocycles. The second-order valence-electron chi connectivity index (χ2n) is 9.10. The molecule has 0 spiro atoms. The molecular formula is C26H30O3. The average molecular weight is 391 g/mol. The lowest BCUT2D eigenvalue weighted by molar-refractivity contribution is -0.141. The van der Waals surface area contributed by atoms with E-state index in [1.165, 1.54) is 5.57 Å². The van der Waals surface area contributed by atoms with Crippen molar-refractivity contribution in [2.24, 2.45) is 16.7 Å². The van der Waals surface area contributed by atoms with Crippen molar-refractivity contribution >= 4 is 5.78 Å². The van der Waals surface area contributed by atoms with E-state index in [2.05, 4.69) is 32.6 Å². The van der Waals surface area contributed by atoms with Crippen LogP contribution in [0.1, 0.15) is 38.7 Å². The van der Waals surface area contributed by atoms with E-state index in [9.17, 15) is 9.90 Å². The smallest absolute Gasteiger partial charge is 0.142 e. The van der Waals surface area contributed by atoms with Crippen LogP contribution in [-0.4, -0.2) is 24.1 Å². The summed E-state index contributed by atoms with van der Waals surface area (Å²) in [6.45, 7) is 8.67. The molecule has 2 aliphatic carbocycles. The van der Waals surface area contributed by atoms with Gasteiger partial charge < -0.3 is 9.84 Å². The van der Waals surface area contributed by atoms with E-state index < -0.39 is 5.41 Å². The molecule has 1 N–H and O–H groups in total. The van der Waals surface area contributed by atoms with Crippen LogP contribution in [0.15, 0.2) is 60.7 Å². The van der Waals surface area contributed by atoms with Gasteiger partial charge in [-0.25, -0.2) is 0 Å². The van der Waals surface area contributed by atoms with E-state index >= 15 is 0 Å². The molecule has 2 aromatic rings. The average Bonchev–Trinajstić information content (AvgIpc) is 3.18. The first-order valence-electron chi connectivity index (χ1n) is 10.4. The first-order valence-corrected chi connectivity index (χ1v) is 10.4. The summed E-state index contributed by atoms with van der Waals surface area (Å²) < 4.78 is 5.86. The zero-order valence-corrected chi connectivity index (χ0v) is 17.6. The minimum atomic E-state index is -0.452. The highest BCUT2D eigenvalue weighted by Crippen LogP contribution is 2.67. The molecule has 0 aromatic heterocycles. The number of hydrogen-bond acceptors (Lipinski definition) is 3. The maximum Gasteiger partial charge on any atom is 0.142 e. The Kier molecular flexibility index (Phi) is 4.90. The summed E-state index contributed by atoms with van der Waals surface area (Å²) in [6, 6.07) is 15.5. The normalized spacial score (nSPS) is 27.3. The minimum absolute atomic E-state index is 0.0453. The lowest BCUT2D eigenvalue weighted by Crippen LogP contribution is -2.47. The van der Waals surface area contributed by atoms with E-state index in [0.29, 0.717) is 24.5 Å². The number of carbonyl (C=O) groups excluding carboxylic acids is 1. The second-order valence-corrected chi connectivity index (χ2v) is 9.10. The zero-order valence-electron chi connectivity index (χ0n) is 17.6. The molecule has 3 nitrogen and oxygen atoms in total. The van der Waals surface area contributed by atoms with Crippen LogP contribution in [0, 0.1) is 16.7 Å². The molecule has 3 heteroatoms. The van der Waals surface area contributed by atoms with Crippen molar-refractivity contribution < 1.29 is 14.6 Å². The van der Waals surface area contributed by atoms with E-state index in [1.807, 2.05) is 24.3 Å². The first kappa shape index (κ1) is 19.9. The van der Waals surface area contributed by atoms with Crippen LogP contribution < -0.4 is 0 Å². The Labute approximate surface area is 173 Å². The van der Waals surface area contributed by atoms with Gasteiger partial charge >= 0.3 is 0 Å². The first-order chi connectivity index (χ1) is 13.8. The number of ketones is 1. The van der Waals surface area contributed by atoms with Gasteiger partial charge in [0.15, 0.2) is 0 Å². The van der Waals surface area contributed by atoms with Crippen LogP contribution >= 0.6 is 0 Å². The summed E-state index contributed by atoms with van der Waals surface area (Å²) in [5, 5.41) is 9.76. The Morgan fingerprint density at radius 1 is 1.17 bits per heavy atom. The van der Waals surface area contributed by atoms with Gasteiger partial charge in [0, 0.05) is 24.9 Å². The number of hydrogen-bond donors (Lipinski definition) is 1. The summed E-state index contributed by atoms with van der Waals surface area (Å²) in [5.74, 6) is 0.860. The van der Waals surface area contributed by atoms with Gasteiger partial charge in [0.05, 0.1) is 11.5 Å². The number of fused-ring (bicyclic) bond motifs is 2. The molecule has 0 heterocycles. The fraction of sp³-hybridized carbons (Fsp3) is 0.423. The van der Waals surface area contributed by atoms with Crippen LogP contribution in [0.2, 0.25) is 0 Å². The van der Waals surface area contributed by atoms with Crippen LogP contribution in [-0.2, 0) is 16.0 Å². The number of phenols is 1. The number of aryl methyl sites for hydroxylation is 1. The number of methoxy groups -OCH3 is 1. The molecule has 0 saturated heterocycles. The predicted octanol–water partition coefficient (Wildman–Crippen LogP) is 5.57. The van der Waals surface area contributed by atoms with Gasteiger partial charge in [-0.2, -0.15) is 0 Å². The van der Waals surface area contributed by atoms with Crippen LogP contribution in [0.25, 0.3) is 11.1 Å². The van der Waals surface area contributed by atoms with Gasteiger partial charge in [0.25, 0.3) is 0 Å². The Bertz CT molecular complexity index is 958. The van der Waals surface area contributed by atoms with Crippen molar-refractivity contribution in [3.63, 3.8) is 0 Å². The molecule has 2 bridgehead atoms. The van der Waals surface area contributed by atoms with E-state index in [0.717, 1.165) is 29.5 Å². The third-order valence-electron chi connectivity index (χ3n) is 7.57. The molecule has 29 heavy (non-hydrogen) atoms. The summed E-state index contributed by atoms with van der Waals surface area (Å²) in [4.78, 5) is 13.6. The Morgan fingerprint density at radius 3 is 2.55 bits per heavy atom. The maximum atomic E-state index is 13.6. The van der Waals surface area contributed by atoms with Gasteiger partial charge in [0.2, 0.25) is 0 Å². The molecule has 3 unspecified atom stereocenters. The molecule has 0 amide bonds. The number of Topliss-reactive ketones (excluding diaryl/α,β-unsaturated/α-hetero) is 1. The predicted molar refractivity (Wildman–Crippen MR) is 116 cm³/mol. The van der Waals surface area contributed by atoms with Crippen LogP contribution in [0.3, 0.4) is 0 Å². The van der Waals surface area contributed by atoms with Gasteiger partial charge in [0.1, 0.15) is 11.5 Å². The summed E-state index contributed by atoms with van der Waals surface area (Å²) in [7, 11) is 1.73. The Balaban J connectivity index is 1.55. The van der Waals surface area contributed by atoms with E-state index in [1.54, 1.807) is 19.2 Å². The van der Waals surface area contributed by atoms with E-state index in [4.69, 9.17) is 4.74 Å². The van der Waals surface area contributed by atoms with Crippen molar-refractivity contribution in [1.29, 1.82) is 0 Å². The van der Waals surface area contributed by atoms with Crippen molar-refractivity contribution in [3.8, 4) is 16.9 Å². The molecule has 3 atom stereocenters. The molecule has 0 radical (unpaired) electrons. The largest absolute Gasteiger partial charge is 0.508 e. The number of benzene rings is 2. The topological polar surface area (TPSA) is 46.5 Å². The van der Waals surface area contributed by atoms with Gasteiger partial charge in [-0.1, -0.05) is 62.4 Å². The van der Waals surface area contributed by atoms with E-state index in [-0.39, 0.29) is 17.3 Å². The molecule has 2 saturated carbocycles. The third kappa shape index (κ3) is 2.95. The molecule has 2 aromatic carbocycles. The van der Waals surface area contributed by atoms with Crippen molar-refractivity contribution in [2.75, 3.05) is 7.11 Å². The van der Waals surface area contributed by atoms with Crippen LogP contribution in [0.5, 0.6) is 5.75 Å². The standard InChI is InChI=1S/C26H30O3/c1-17-22-13-14-26(24(22)29-4,25(17,2)3)23(28)12-11-18-7-5-8-19(15-18)20-9-6-10-21(27)16-20/h5-10,15-16,22,24,27H,1,11-14H2,2-4H3. The van der Waals surface area contributed by atoms with Gasteiger partial charge in [-0.05, 0) is 48.1 Å². The number of phenolic OH excluding ortho intramolecular Hbond substituents is 1. The fourth-order valence-electron chi connectivity index (χ4n) is 5.88. The van der Waals surface area contributed by atoms with Gasteiger partial charge in [-0.3, -0.25) is 4.79 Å². The SMILES string of the molecule is C=C1C2CCC(C(=O)CCc3cccc(-c4cccc(O)c4)c3)(C2OC)C1(C)C. The summed E-state index contributed by atoms with van der Waals surface area (Å²) in [6.07, 6.45) is 3.06. The zero-order chi connectivity index (χ0) is 20.8. The highest BCUT2D eigenvalue weighted by atomic mass is 16.5. The summed E-state index contributed by atoms with van der Waals surface area (Å²) in [5.41, 5.74) is 3.66. The molecule has 4 rings (SSSR count). The Morgan fingerprint density at radius 2 is 1.86 bits per heavy atom. The minimum Gasteiger partial charge on any atom is -0.508 e. The fourth-order valence-corrected chi connectivity index (χ4v) is 5.88. The molecule has 2 aliphatic rings. The molecule has 2 fully saturated rings. The monoisotopic (exact) mass is 390 g/mol. The highest BCUT2D eigenvalue weighted by Gasteiger charge is 2.68. The third-order valence-corrected chi connectivity index (χ3v) is 7.57. The van der Waals surface area contributed by atoms with Crippen molar-refractivity contribution in [3.05, 3.63) is 66.2 Å². The van der Waals surface area contributed by atoms with Crippen molar-refractivity contribution in [1.82, 2.24) is 0 Å². The number of aromatic hydroxyl groups is 1. The van der Waals surface area contributed by atoms with Gasteiger partial charge in [-0.15, -0.1) is 0 Å². The quantitative estimate of drug-likeness (QED) is 0.656. The number of carbonyl (C=O) groups is 1. The maximum absolute atomic E-state index is 13.6. The summed E-state index contributed by atoms with van der Waals surface area (Å²) >= 11 is 0. The number of rotatable bonds is 6. The molecular weight excluding hydrogens is 360 g/mol. The number of ether oxygens (including phenoxy) is 1. The van der Waals surface area contributed by atoms with Crippen LogP contribution in [0.4, 0.5) is 0 Å². The lowest BCUT2D eigenvalue weighted by Gasteiger charge is -2.43. The lowest BCUT2D eigenvalue weighted by atomic mass is 9.60. The molecule has 152 valence electrons.